The zero-order valence-corrected chi connectivity index (χ0v) is 11.8. The maximum atomic E-state index is 12.8. The van der Waals surface area contributed by atoms with E-state index in [-0.39, 0.29) is 30.2 Å². The minimum absolute atomic E-state index is 0.0427. The van der Waals surface area contributed by atoms with Gasteiger partial charge in [0.25, 0.3) is 0 Å². The van der Waals surface area contributed by atoms with Gasteiger partial charge in [-0.2, -0.15) is 0 Å². The minimum Gasteiger partial charge on any atom is -0.480 e. The van der Waals surface area contributed by atoms with E-state index in [9.17, 15) is 14.0 Å². The second-order valence-electron chi connectivity index (χ2n) is 5.37. The molecule has 6 heteroatoms. The first kappa shape index (κ1) is 15.4. The van der Waals surface area contributed by atoms with Crippen LogP contribution in [0.4, 0.5) is 4.39 Å². The van der Waals surface area contributed by atoms with Gasteiger partial charge in [-0.3, -0.25) is 14.9 Å². The van der Waals surface area contributed by atoms with Gasteiger partial charge in [-0.15, -0.1) is 0 Å². The van der Waals surface area contributed by atoms with Gasteiger partial charge in [0.2, 0.25) is 5.91 Å². The average molecular weight is 294 g/mol. The van der Waals surface area contributed by atoms with Crippen molar-refractivity contribution in [2.75, 3.05) is 6.54 Å². The molecule has 0 bridgehead atoms. The van der Waals surface area contributed by atoms with Crippen molar-refractivity contribution in [1.82, 2.24) is 10.6 Å². The normalized spacial score (nSPS) is 17.0. The Morgan fingerprint density at radius 3 is 2.48 bits per heavy atom. The van der Waals surface area contributed by atoms with Gasteiger partial charge in [-0.1, -0.05) is 12.1 Å². The quantitative estimate of drug-likeness (QED) is 0.711. The first-order chi connectivity index (χ1) is 9.97. The average Bonchev–Trinajstić information content (AvgIpc) is 3.23. The molecule has 2 atom stereocenters. The molecule has 0 aliphatic heterocycles. The van der Waals surface area contributed by atoms with E-state index < -0.39 is 12.0 Å². The molecule has 3 N–H and O–H groups in total. The molecule has 1 aliphatic rings. The van der Waals surface area contributed by atoms with Gasteiger partial charge in [-0.25, -0.2) is 4.39 Å². The molecule has 114 valence electrons. The number of carbonyl (C=O) groups excluding carboxylic acids is 1. The van der Waals surface area contributed by atoms with E-state index in [1.807, 2.05) is 0 Å². The van der Waals surface area contributed by atoms with Gasteiger partial charge >= 0.3 is 5.97 Å². The highest BCUT2D eigenvalue weighted by Crippen LogP contribution is 2.32. The lowest BCUT2D eigenvalue weighted by atomic mass is 10.1. The summed E-state index contributed by atoms with van der Waals surface area (Å²) in [5.74, 6) is -1.40. The molecule has 0 saturated heterocycles. The Kier molecular flexibility index (Phi) is 4.90. The maximum absolute atomic E-state index is 12.8. The van der Waals surface area contributed by atoms with Crippen LogP contribution >= 0.6 is 0 Å². The monoisotopic (exact) mass is 294 g/mol. The Morgan fingerprint density at radius 2 is 1.95 bits per heavy atom. The zero-order valence-electron chi connectivity index (χ0n) is 11.8. The molecule has 1 fully saturated rings. The highest BCUT2D eigenvalue weighted by Gasteiger charge is 2.36. The number of nitrogens with one attached hydrogen (secondary N) is 2. The fourth-order valence-corrected chi connectivity index (χ4v) is 2.22. The van der Waals surface area contributed by atoms with Crippen molar-refractivity contribution in [2.24, 2.45) is 5.92 Å². The van der Waals surface area contributed by atoms with Crippen LogP contribution in [0.1, 0.15) is 31.4 Å². The molecule has 5 nitrogen and oxygen atoms in total. The van der Waals surface area contributed by atoms with Crippen molar-refractivity contribution in [3.05, 3.63) is 35.6 Å². The summed E-state index contributed by atoms with van der Waals surface area (Å²) in [5.41, 5.74) is 0.793. The summed E-state index contributed by atoms with van der Waals surface area (Å²) < 4.78 is 12.8. The molecule has 1 saturated carbocycles. The van der Waals surface area contributed by atoms with E-state index in [0.717, 1.165) is 18.4 Å². The van der Waals surface area contributed by atoms with E-state index >= 15 is 0 Å². The highest BCUT2D eigenvalue weighted by molar-refractivity contribution is 5.80. The van der Waals surface area contributed by atoms with Crippen LogP contribution in [-0.4, -0.2) is 29.6 Å². The number of hydrogen-bond donors (Lipinski definition) is 3. The molecule has 1 aromatic carbocycles. The molecule has 0 heterocycles. The number of carbonyl (C=O) groups is 2. The van der Waals surface area contributed by atoms with E-state index in [1.165, 1.54) is 12.1 Å². The summed E-state index contributed by atoms with van der Waals surface area (Å²) in [6, 6.07) is 4.98. The van der Waals surface area contributed by atoms with Gasteiger partial charge in [0, 0.05) is 0 Å². The van der Waals surface area contributed by atoms with Gasteiger partial charge in [0.05, 0.1) is 12.6 Å². The lowest BCUT2D eigenvalue weighted by Gasteiger charge is -2.17. The van der Waals surface area contributed by atoms with Crippen LogP contribution in [0.25, 0.3) is 0 Å². The van der Waals surface area contributed by atoms with E-state index in [0.29, 0.717) is 0 Å². The Hall–Kier alpha value is -1.95. The van der Waals surface area contributed by atoms with Gasteiger partial charge in [-0.05, 0) is 43.4 Å². The second kappa shape index (κ2) is 6.67. The van der Waals surface area contributed by atoms with E-state index in [2.05, 4.69) is 10.6 Å². The predicted octanol–water partition coefficient (Wildman–Crippen LogP) is 1.46. The third kappa shape index (κ3) is 4.53. The fraction of sp³-hybridized carbons (Fsp3) is 0.467. The third-order valence-corrected chi connectivity index (χ3v) is 3.59. The Balaban J connectivity index is 1.80. The summed E-state index contributed by atoms with van der Waals surface area (Å²) in [4.78, 5) is 22.9. The fourth-order valence-electron chi connectivity index (χ4n) is 2.22. The lowest BCUT2D eigenvalue weighted by molar-refractivity contribution is -0.140. The molecular formula is C15H19FN2O3. The summed E-state index contributed by atoms with van der Waals surface area (Å²) in [5, 5.41) is 14.6. The zero-order chi connectivity index (χ0) is 15.4. The SMILES string of the molecule is CC(NC(=O)CNC(C(=O)O)C1CC1)c1ccc(F)cc1. The van der Waals surface area contributed by atoms with E-state index in [1.54, 1.807) is 19.1 Å². The molecule has 1 aromatic rings. The molecule has 1 amide bonds. The predicted molar refractivity (Wildman–Crippen MR) is 75.1 cm³/mol. The number of hydrogen-bond acceptors (Lipinski definition) is 3. The summed E-state index contributed by atoms with van der Waals surface area (Å²) >= 11 is 0. The van der Waals surface area contributed by atoms with Crippen LogP contribution in [-0.2, 0) is 9.59 Å². The van der Waals surface area contributed by atoms with Crippen molar-refractivity contribution in [3.63, 3.8) is 0 Å². The van der Waals surface area contributed by atoms with Crippen LogP contribution in [0.2, 0.25) is 0 Å². The molecule has 0 radical (unpaired) electrons. The molecule has 21 heavy (non-hydrogen) atoms. The number of amides is 1. The molecule has 2 unspecified atom stereocenters. The first-order valence-corrected chi connectivity index (χ1v) is 6.98. The highest BCUT2D eigenvalue weighted by atomic mass is 19.1. The van der Waals surface area contributed by atoms with Crippen LogP contribution in [0.5, 0.6) is 0 Å². The summed E-state index contributed by atoms with van der Waals surface area (Å²) in [6.07, 6.45) is 1.77. The molecule has 2 rings (SSSR count). The van der Waals surface area contributed by atoms with Crippen LogP contribution < -0.4 is 10.6 Å². The topological polar surface area (TPSA) is 78.4 Å². The molecular weight excluding hydrogens is 275 g/mol. The number of carboxylic acids is 1. The Bertz CT molecular complexity index is 514. The first-order valence-electron chi connectivity index (χ1n) is 6.98. The smallest absolute Gasteiger partial charge is 0.320 e. The number of benzene rings is 1. The van der Waals surface area contributed by atoms with Gasteiger partial charge in [0.1, 0.15) is 11.9 Å². The van der Waals surface area contributed by atoms with Crippen molar-refractivity contribution in [1.29, 1.82) is 0 Å². The van der Waals surface area contributed by atoms with Crippen molar-refractivity contribution in [2.45, 2.75) is 31.8 Å². The van der Waals surface area contributed by atoms with Gasteiger partial charge < -0.3 is 10.4 Å². The van der Waals surface area contributed by atoms with Crippen LogP contribution in [0, 0.1) is 11.7 Å². The van der Waals surface area contributed by atoms with Crippen LogP contribution in [0.3, 0.4) is 0 Å². The molecule has 0 aromatic heterocycles. The Morgan fingerprint density at radius 1 is 1.33 bits per heavy atom. The van der Waals surface area contributed by atoms with Crippen LogP contribution in [0.15, 0.2) is 24.3 Å². The third-order valence-electron chi connectivity index (χ3n) is 3.59. The minimum atomic E-state index is -0.920. The number of carboxylic acid groups (broad SMARTS) is 1. The lowest BCUT2D eigenvalue weighted by Crippen LogP contribution is -2.44. The van der Waals surface area contributed by atoms with Crippen molar-refractivity contribution < 1.29 is 19.1 Å². The summed E-state index contributed by atoms with van der Waals surface area (Å²) in [6.45, 7) is 1.75. The standard InChI is InChI=1S/C15H19FN2O3/c1-9(10-4-6-12(16)7-5-10)18-13(19)8-17-14(15(20)21)11-2-3-11/h4-7,9,11,14,17H,2-3,8H2,1H3,(H,18,19)(H,20,21). The number of halogens is 1. The van der Waals surface area contributed by atoms with Gasteiger partial charge in [0.15, 0.2) is 0 Å². The number of rotatable bonds is 7. The summed E-state index contributed by atoms with van der Waals surface area (Å²) in [7, 11) is 0. The van der Waals surface area contributed by atoms with Crippen molar-refractivity contribution >= 4 is 11.9 Å². The number of aliphatic carboxylic acids is 1. The molecule has 0 spiro atoms. The maximum Gasteiger partial charge on any atom is 0.320 e. The second-order valence-corrected chi connectivity index (χ2v) is 5.37. The molecule has 1 aliphatic carbocycles. The largest absolute Gasteiger partial charge is 0.480 e. The van der Waals surface area contributed by atoms with E-state index in [4.69, 9.17) is 5.11 Å². The van der Waals surface area contributed by atoms with Crippen molar-refractivity contribution in [3.8, 4) is 0 Å². The Labute approximate surface area is 122 Å².